The standard InChI is InChI=1S/C29H26NS.C14H16GeN.Ir/c1-18(2)21-15-16-30-26(17-21)24-14-13-23(20-9-6-5-7-10-20)27-25-12-8-11-22(19(3)4)28(25)31-29(24)27;1-15(2,3)13-9-10-14(16-11-13)12-7-5-4-6-8-12;/h5-13,15-19H,1-4H3;4-7,9-11H,1-3H3;/q2*-1;/i18D,19D;;. The van der Waals surface area contributed by atoms with Gasteiger partial charge in [0, 0.05) is 33.7 Å². The molecule has 0 N–H and O–H groups in total. The van der Waals surface area contributed by atoms with E-state index < -0.39 is 25.1 Å². The average Bonchev–Trinajstić information content (AvgIpc) is 3.48. The largest absolute Gasteiger partial charge is 0 e. The number of nitrogens with zero attached hydrogens (tertiary/aromatic N) is 2. The molecular formula is C43H42GeIrN2S-2. The average molecular weight is 886 g/mol. The SMILES string of the molecule is [2H]C(C)(C)c1ccnc(-c2[c-]cc(-c3ccccc3)c3c2sc2c(C([2H])(C)C)cccc23)c1.[CH3][Ge]([CH3])([CH3])[c]1ccc(-c2[c-]cccc2)nc1.[Ir]. The molecule has 5 heteroatoms. The van der Waals surface area contributed by atoms with Gasteiger partial charge in [-0.25, -0.2) is 0 Å². The minimum absolute atomic E-state index is 0. The van der Waals surface area contributed by atoms with Crippen LogP contribution in [0.4, 0.5) is 0 Å². The molecule has 48 heavy (non-hydrogen) atoms. The number of hydrogen-bond acceptors (Lipinski definition) is 3. The zero-order chi connectivity index (χ0) is 35.0. The summed E-state index contributed by atoms with van der Waals surface area (Å²) >= 11 is 0.00479. The molecule has 3 heterocycles. The van der Waals surface area contributed by atoms with Crippen LogP contribution in [0, 0.1) is 12.1 Å². The van der Waals surface area contributed by atoms with Crippen LogP contribution in [-0.4, -0.2) is 23.2 Å². The first kappa shape index (κ1) is 33.1. The maximum absolute atomic E-state index is 8.73. The molecule has 3 aromatic heterocycles. The van der Waals surface area contributed by atoms with Crippen LogP contribution in [0.5, 0.6) is 0 Å². The molecule has 0 saturated heterocycles. The Bertz CT molecular complexity index is 2220. The van der Waals surface area contributed by atoms with Crippen LogP contribution in [0.1, 0.15) is 53.4 Å². The van der Waals surface area contributed by atoms with Gasteiger partial charge in [0.05, 0.1) is 0 Å². The van der Waals surface area contributed by atoms with Gasteiger partial charge in [-0.2, -0.15) is 11.3 Å². The second-order valence-electron chi connectivity index (χ2n) is 13.3. The summed E-state index contributed by atoms with van der Waals surface area (Å²) in [6.45, 7) is 7.68. The molecule has 0 bridgehead atoms. The van der Waals surface area contributed by atoms with E-state index in [1.165, 1.54) is 15.2 Å². The van der Waals surface area contributed by atoms with Crippen LogP contribution in [0.3, 0.4) is 0 Å². The van der Waals surface area contributed by atoms with Crippen LogP contribution in [-0.2, 0) is 20.1 Å². The van der Waals surface area contributed by atoms with Crippen molar-refractivity contribution in [3.63, 3.8) is 0 Å². The predicted octanol–water partition coefficient (Wildman–Crippen LogP) is 11.9. The van der Waals surface area contributed by atoms with Crippen molar-refractivity contribution in [1.82, 2.24) is 9.97 Å². The Morgan fingerprint density at radius 1 is 0.750 bits per heavy atom. The molecule has 1 radical (unpaired) electrons. The minimum atomic E-state index is -1.72. The van der Waals surface area contributed by atoms with Gasteiger partial charge in [0.1, 0.15) is 0 Å². The third-order valence-corrected chi connectivity index (χ3v) is 13.9. The molecule has 7 aromatic rings. The first-order valence-corrected chi connectivity index (χ1v) is 24.2. The van der Waals surface area contributed by atoms with E-state index in [4.69, 9.17) is 2.74 Å². The number of thiophene rings is 1. The second kappa shape index (κ2) is 15.4. The van der Waals surface area contributed by atoms with Gasteiger partial charge < -0.3 is 4.98 Å². The summed E-state index contributed by atoms with van der Waals surface area (Å²) in [6, 6.07) is 41.7. The van der Waals surface area contributed by atoms with Gasteiger partial charge >= 0.3 is 99.8 Å². The van der Waals surface area contributed by atoms with Crippen molar-refractivity contribution in [2.45, 2.75) is 56.8 Å². The summed E-state index contributed by atoms with van der Waals surface area (Å²) in [5.41, 5.74) is 8.09. The van der Waals surface area contributed by atoms with Crippen LogP contribution in [0.15, 0.2) is 116 Å². The molecule has 0 aliphatic carbocycles. The van der Waals surface area contributed by atoms with Crippen molar-refractivity contribution in [2.24, 2.45) is 0 Å². The maximum Gasteiger partial charge on any atom is 0 e. The van der Waals surface area contributed by atoms with E-state index in [9.17, 15) is 0 Å². The van der Waals surface area contributed by atoms with E-state index in [0.717, 1.165) is 54.2 Å². The molecule has 7 rings (SSSR count). The first-order valence-electron chi connectivity index (χ1n) is 17.1. The Labute approximate surface area is 309 Å². The van der Waals surface area contributed by atoms with Crippen LogP contribution in [0.2, 0.25) is 17.3 Å². The molecular weight excluding hydrogens is 841 g/mol. The number of benzene rings is 4. The van der Waals surface area contributed by atoms with Crippen molar-refractivity contribution < 1.29 is 22.8 Å². The molecule has 0 unspecified atom stereocenters. The van der Waals surface area contributed by atoms with Gasteiger partial charge in [0.2, 0.25) is 0 Å². The Kier molecular flexibility index (Phi) is 10.6. The number of fused-ring (bicyclic) bond motifs is 3. The van der Waals surface area contributed by atoms with E-state index in [1.54, 1.807) is 17.5 Å². The van der Waals surface area contributed by atoms with E-state index in [0.29, 0.717) is 0 Å². The monoisotopic (exact) mass is 887 g/mol. The van der Waals surface area contributed by atoms with Crippen LogP contribution >= 0.6 is 11.3 Å². The molecule has 0 aliphatic rings. The number of rotatable bonds is 6. The summed E-state index contributed by atoms with van der Waals surface area (Å²) in [7, 11) is 0. The van der Waals surface area contributed by atoms with E-state index in [-0.39, 0.29) is 20.1 Å². The molecule has 2 nitrogen and oxygen atoms in total. The van der Waals surface area contributed by atoms with Gasteiger partial charge in [-0.3, -0.25) is 0 Å². The normalized spacial score (nSPS) is 12.5. The Morgan fingerprint density at radius 3 is 2.17 bits per heavy atom. The van der Waals surface area contributed by atoms with Crippen LogP contribution < -0.4 is 4.40 Å². The Balaban J connectivity index is 0.000000241. The molecule has 0 spiro atoms. The van der Waals surface area contributed by atoms with E-state index in [1.807, 2.05) is 76.4 Å². The summed E-state index contributed by atoms with van der Waals surface area (Å²) in [5.74, 6) is 5.73. The van der Waals surface area contributed by atoms with Gasteiger partial charge in [0.15, 0.2) is 0 Å². The summed E-state index contributed by atoms with van der Waals surface area (Å²) in [4.78, 5) is 9.20. The predicted molar refractivity (Wildman–Crippen MR) is 207 cm³/mol. The first-order chi connectivity index (χ1) is 23.2. The molecule has 0 fully saturated rings. The maximum atomic E-state index is 8.73. The third kappa shape index (κ3) is 7.74. The quantitative estimate of drug-likeness (QED) is 0.123. The Morgan fingerprint density at radius 2 is 1.52 bits per heavy atom. The smallest absolute Gasteiger partial charge is 0 e. The summed E-state index contributed by atoms with van der Waals surface area (Å²) < 4.78 is 20.9. The summed E-state index contributed by atoms with van der Waals surface area (Å²) in [6.07, 6.45) is 3.83. The van der Waals surface area contributed by atoms with Crippen molar-refractivity contribution in [3.05, 3.63) is 139 Å². The molecule has 4 aromatic carbocycles. The van der Waals surface area contributed by atoms with Gasteiger partial charge in [0.25, 0.3) is 0 Å². The Hall–Kier alpha value is -3.41. The van der Waals surface area contributed by atoms with Crippen molar-refractivity contribution in [3.8, 4) is 33.6 Å². The number of pyridine rings is 2. The zero-order valence-electron chi connectivity index (χ0n) is 30.6. The fraction of sp³-hybridized carbons (Fsp3) is 0.209. The molecule has 0 atom stereocenters. The number of aromatic nitrogens is 2. The minimum Gasteiger partial charge on any atom is 0 e. The molecule has 245 valence electrons. The van der Waals surface area contributed by atoms with Crippen molar-refractivity contribution in [1.29, 1.82) is 0 Å². The third-order valence-electron chi connectivity index (χ3n) is 8.40. The van der Waals surface area contributed by atoms with E-state index >= 15 is 0 Å². The van der Waals surface area contributed by atoms with Gasteiger partial charge in [-0.05, 0) is 39.2 Å². The van der Waals surface area contributed by atoms with Crippen molar-refractivity contribution >= 4 is 49.2 Å². The topological polar surface area (TPSA) is 25.8 Å². The van der Waals surface area contributed by atoms with Crippen LogP contribution in [0.25, 0.3) is 53.8 Å². The van der Waals surface area contributed by atoms with Crippen molar-refractivity contribution in [2.75, 3.05) is 0 Å². The fourth-order valence-electron chi connectivity index (χ4n) is 5.70. The van der Waals surface area contributed by atoms with Gasteiger partial charge in [-0.15, -0.1) is 17.7 Å². The summed E-state index contributed by atoms with van der Waals surface area (Å²) in [5, 5.41) is 2.34. The molecule has 0 saturated carbocycles. The van der Waals surface area contributed by atoms with E-state index in [2.05, 4.69) is 100 Å². The molecule has 0 amide bonds. The number of hydrogen-bond donors (Lipinski definition) is 0. The molecule has 0 aliphatic heterocycles. The second-order valence-corrected chi connectivity index (χ2v) is 25.0. The zero-order valence-corrected chi connectivity index (χ0v) is 33.9. The van der Waals surface area contributed by atoms with Gasteiger partial charge in [-0.1, -0.05) is 104 Å². The fourth-order valence-corrected chi connectivity index (χ4v) is 9.33.